The summed E-state index contributed by atoms with van der Waals surface area (Å²) in [5.74, 6) is 0. The lowest BCUT2D eigenvalue weighted by Crippen LogP contribution is -2.76. The lowest BCUT2D eigenvalue weighted by atomic mass is 9.83. The zero-order chi connectivity index (χ0) is 28.2. The van der Waals surface area contributed by atoms with Gasteiger partial charge in [-0.15, -0.1) is 58.8 Å². The fraction of sp³-hybridized carbons (Fsp3) is 1.00. The first kappa shape index (κ1) is 31.0. The smallest absolute Gasteiger partial charge is 0.130 e. The molecular formula is C29H43F4NO2S5. The minimum absolute atomic E-state index is 0.273. The molecule has 0 N–H and O–H groups in total. The average molecular weight is 674 g/mol. The minimum atomic E-state index is -1.27. The van der Waals surface area contributed by atoms with Crippen molar-refractivity contribution in [1.82, 2.24) is 4.90 Å². The van der Waals surface area contributed by atoms with E-state index in [4.69, 9.17) is 9.47 Å². The molecule has 234 valence electrons. The van der Waals surface area contributed by atoms with E-state index in [0.717, 1.165) is 51.4 Å². The first-order valence-electron chi connectivity index (χ1n) is 15.6. The Morgan fingerprint density at radius 3 is 1.37 bits per heavy atom. The van der Waals surface area contributed by atoms with Gasteiger partial charge in [-0.1, -0.05) is 25.7 Å². The molecule has 4 aliphatic carbocycles. The van der Waals surface area contributed by atoms with Crippen molar-refractivity contribution in [1.29, 1.82) is 0 Å². The van der Waals surface area contributed by atoms with E-state index in [0.29, 0.717) is 34.2 Å². The van der Waals surface area contributed by atoms with Crippen molar-refractivity contribution >= 4 is 58.8 Å². The molecule has 7 aliphatic rings. The number of halogens is 4. The van der Waals surface area contributed by atoms with Gasteiger partial charge in [0.25, 0.3) is 0 Å². The maximum Gasteiger partial charge on any atom is 0.130 e. The van der Waals surface area contributed by atoms with Gasteiger partial charge >= 0.3 is 0 Å². The maximum atomic E-state index is 16.9. The van der Waals surface area contributed by atoms with Crippen molar-refractivity contribution in [2.24, 2.45) is 0 Å². The number of ether oxygens (including phenoxy) is 2. The molecule has 0 aromatic carbocycles. The van der Waals surface area contributed by atoms with Gasteiger partial charge < -0.3 is 9.47 Å². The first-order chi connectivity index (χ1) is 20.0. The third-order valence-electron chi connectivity index (χ3n) is 10.5. The number of thioether (sulfide) groups is 5. The van der Waals surface area contributed by atoms with Crippen LogP contribution in [0.3, 0.4) is 0 Å². The Morgan fingerprint density at radius 2 is 0.951 bits per heavy atom. The summed E-state index contributed by atoms with van der Waals surface area (Å²) in [6, 6.07) is -1.52. The van der Waals surface area contributed by atoms with E-state index in [9.17, 15) is 0 Å². The molecular weight excluding hydrogens is 631 g/mol. The highest BCUT2D eigenvalue weighted by Crippen LogP contribution is 2.60. The third kappa shape index (κ3) is 5.66. The van der Waals surface area contributed by atoms with Crippen LogP contribution < -0.4 is 0 Å². The van der Waals surface area contributed by atoms with Crippen LogP contribution in [0.15, 0.2) is 0 Å². The molecule has 4 saturated carbocycles. The Hall–Kier alpha value is 1.35. The van der Waals surface area contributed by atoms with E-state index in [1.807, 2.05) is 4.90 Å². The van der Waals surface area contributed by atoms with Crippen LogP contribution in [0.5, 0.6) is 0 Å². The molecule has 0 radical (unpaired) electrons. The number of rotatable bonds is 6. The van der Waals surface area contributed by atoms with Gasteiger partial charge in [0.15, 0.2) is 0 Å². The SMILES string of the molecule is COCCOCCN1C2C(F)C3SC4CCCCC4SC3C(F)C2SC2C(F)C3SC4CCCCC4SC3C(F)C21. The Morgan fingerprint density at radius 1 is 0.537 bits per heavy atom. The number of fused-ring (bicyclic) bond motifs is 6. The molecule has 3 nitrogen and oxygen atoms in total. The lowest BCUT2D eigenvalue weighted by Gasteiger charge is -2.62. The number of alkyl halides is 4. The molecule has 41 heavy (non-hydrogen) atoms. The quantitative estimate of drug-likeness (QED) is 0.229. The molecule has 0 amide bonds. The van der Waals surface area contributed by atoms with Crippen LogP contribution >= 0.6 is 58.8 Å². The van der Waals surface area contributed by atoms with Gasteiger partial charge in [-0.25, -0.2) is 17.6 Å². The molecule has 0 bridgehead atoms. The number of methoxy groups -OCH3 is 1. The van der Waals surface area contributed by atoms with Crippen LogP contribution in [-0.4, -0.2) is 128 Å². The average Bonchev–Trinajstić information content (AvgIpc) is 3.00. The molecule has 3 saturated heterocycles. The highest BCUT2D eigenvalue weighted by atomic mass is 32.2. The molecule has 0 aromatic rings. The van der Waals surface area contributed by atoms with Crippen LogP contribution in [0.1, 0.15) is 51.4 Å². The number of nitrogens with zero attached hydrogens (tertiary/aromatic N) is 1. The largest absolute Gasteiger partial charge is 0.382 e. The Kier molecular flexibility index (Phi) is 9.99. The van der Waals surface area contributed by atoms with Crippen LogP contribution in [0.25, 0.3) is 0 Å². The van der Waals surface area contributed by atoms with Gasteiger partial charge in [-0.2, -0.15) is 0 Å². The molecule has 3 heterocycles. The summed E-state index contributed by atoms with van der Waals surface area (Å²) in [6.07, 6.45) is 3.87. The van der Waals surface area contributed by atoms with E-state index in [-0.39, 0.29) is 13.2 Å². The van der Waals surface area contributed by atoms with Crippen molar-refractivity contribution < 1.29 is 27.0 Å². The van der Waals surface area contributed by atoms with Crippen LogP contribution in [0.2, 0.25) is 0 Å². The molecule has 16 atom stereocenters. The second-order valence-corrected chi connectivity index (χ2v) is 19.8. The standard InChI is InChI=1S/C29H43F4NO2S5/c1-35-12-13-36-11-10-34-22-18(30)26-28(39-16-8-4-2-6-14(16)37-26)20(32)24(22)41-25-21(33)29-27(19(31)23(25)34)38-15-7-3-5-9-17(15)40-29/h14-29H,2-13H2,1H3. The molecule has 0 spiro atoms. The summed E-state index contributed by atoms with van der Waals surface area (Å²) in [5.41, 5.74) is 0. The van der Waals surface area contributed by atoms with Crippen molar-refractivity contribution in [3.05, 3.63) is 0 Å². The van der Waals surface area contributed by atoms with Crippen molar-refractivity contribution in [3.63, 3.8) is 0 Å². The highest BCUT2D eigenvalue weighted by Gasteiger charge is 2.66. The van der Waals surface area contributed by atoms with E-state index < -0.39 is 68.3 Å². The summed E-state index contributed by atoms with van der Waals surface area (Å²) < 4.78 is 77.9. The zero-order valence-corrected chi connectivity index (χ0v) is 27.6. The van der Waals surface area contributed by atoms with Crippen molar-refractivity contribution in [2.45, 2.75) is 141 Å². The fourth-order valence-electron chi connectivity index (χ4n) is 8.54. The van der Waals surface area contributed by atoms with Gasteiger partial charge in [-0.3, -0.25) is 4.90 Å². The molecule has 0 aromatic heterocycles. The molecule has 7 fully saturated rings. The normalized spacial score (nSPS) is 53.2. The second-order valence-electron chi connectivity index (χ2n) is 12.8. The molecule has 7 rings (SSSR count). The molecule has 16 unspecified atom stereocenters. The Balaban J connectivity index is 1.18. The summed E-state index contributed by atoms with van der Waals surface area (Å²) in [5, 5.41) is -1.61. The number of hydrogen-bond donors (Lipinski definition) is 0. The third-order valence-corrected chi connectivity index (χ3v) is 20.0. The maximum absolute atomic E-state index is 16.9. The van der Waals surface area contributed by atoms with E-state index in [1.165, 1.54) is 11.8 Å². The van der Waals surface area contributed by atoms with Gasteiger partial charge in [0.05, 0.1) is 63.4 Å². The van der Waals surface area contributed by atoms with Crippen LogP contribution in [0, 0.1) is 0 Å². The zero-order valence-electron chi connectivity index (χ0n) is 23.5. The van der Waals surface area contributed by atoms with Crippen LogP contribution in [0.4, 0.5) is 17.6 Å². The highest BCUT2D eigenvalue weighted by molar-refractivity contribution is 8.08. The molecule has 3 aliphatic heterocycles. The Bertz CT molecular complexity index is 853. The topological polar surface area (TPSA) is 21.7 Å². The van der Waals surface area contributed by atoms with Crippen LogP contribution in [-0.2, 0) is 9.47 Å². The van der Waals surface area contributed by atoms with Gasteiger partial charge in [-0.05, 0) is 25.7 Å². The summed E-state index contributed by atoms with van der Waals surface area (Å²) in [6.45, 7) is 1.38. The molecule has 12 heteroatoms. The van der Waals surface area contributed by atoms with E-state index in [1.54, 1.807) is 54.2 Å². The minimum Gasteiger partial charge on any atom is -0.382 e. The van der Waals surface area contributed by atoms with Crippen molar-refractivity contribution in [3.8, 4) is 0 Å². The van der Waals surface area contributed by atoms with Gasteiger partial charge in [0.1, 0.15) is 24.7 Å². The van der Waals surface area contributed by atoms with E-state index >= 15 is 17.6 Å². The second kappa shape index (κ2) is 13.2. The predicted octanol–water partition coefficient (Wildman–Crippen LogP) is 6.61. The Labute approximate surface area is 263 Å². The fourth-order valence-corrected chi connectivity index (χ4v) is 18.8. The van der Waals surface area contributed by atoms with E-state index in [2.05, 4.69) is 0 Å². The predicted molar refractivity (Wildman–Crippen MR) is 169 cm³/mol. The van der Waals surface area contributed by atoms with Gasteiger partial charge in [0.2, 0.25) is 0 Å². The summed E-state index contributed by atoms with van der Waals surface area (Å²) in [4.78, 5) is 1.87. The van der Waals surface area contributed by atoms with Gasteiger partial charge in [0, 0.05) is 34.7 Å². The number of hydrogen-bond acceptors (Lipinski definition) is 8. The monoisotopic (exact) mass is 673 g/mol. The lowest BCUT2D eigenvalue weighted by molar-refractivity contribution is -0.0430. The summed E-state index contributed by atoms with van der Waals surface area (Å²) in [7, 11) is 1.61. The summed E-state index contributed by atoms with van der Waals surface area (Å²) >= 11 is 7.96. The first-order valence-corrected chi connectivity index (χ1v) is 20.4. The van der Waals surface area contributed by atoms with Crippen molar-refractivity contribution in [2.75, 3.05) is 33.5 Å².